The largest absolute Gasteiger partial charge is 0.356 e. The van der Waals surface area contributed by atoms with E-state index in [0.717, 1.165) is 17.5 Å². The van der Waals surface area contributed by atoms with Crippen LogP contribution in [0.5, 0.6) is 0 Å². The van der Waals surface area contributed by atoms with E-state index in [1.807, 2.05) is 41.3 Å². The zero-order valence-electron chi connectivity index (χ0n) is 14.2. The molecule has 1 aliphatic rings. The maximum absolute atomic E-state index is 12.8. The summed E-state index contributed by atoms with van der Waals surface area (Å²) in [6, 6.07) is 15.7. The number of fused-ring (bicyclic) bond motifs is 1. The molecule has 1 N–H and O–H groups in total. The number of carbonyl (C=O) groups is 2. The van der Waals surface area contributed by atoms with Crippen molar-refractivity contribution >= 4 is 23.4 Å². The van der Waals surface area contributed by atoms with Crippen LogP contribution >= 0.6 is 11.6 Å². The van der Waals surface area contributed by atoms with Crippen LogP contribution in [0.25, 0.3) is 0 Å². The Balaban J connectivity index is 1.93. The lowest BCUT2D eigenvalue weighted by molar-refractivity contribution is -0.133. The monoisotopic (exact) mass is 356 g/mol. The maximum atomic E-state index is 12.8. The van der Waals surface area contributed by atoms with Crippen molar-refractivity contribution in [3.63, 3.8) is 0 Å². The van der Waals surface area contributed by atoms with E-state index in [0.29, 0.717) is 18.1 Å². The molecule has 0 aliphatic carbocycles. The minimum absolute atomic E-state index is 0.0215. The Morgan fingerprint density at radius 2 is 1.80 bits per heavy atom. The first-order chi connectivity index (χ1) is 12.1. The van der Waals surface area contributed by atoms with Crippen LogP contribution in [0.2, 0.25) is 5.02 Å². The first kappa shape index (κ1) is 17.5. The number of rotatable bonds is 4. The van der Waals surface area contributed by atoms with Gasteiger partial charge >= 0.3 is 0 Å². The molecule has 0 saturated heterocycles. The molecule has 2 aromatic rings. The van der Waals surface area contributed by atoms with Gasteiger partial charge in [0.25, 0.3) is 0 Å². The molecule has 1 aliphatic heterocycles. The molecule has 4 nitrogen and oxygen atoms in total. The van der Waals surface area contributed by atoms with Crippen molar-refractivity contribution in [2.45, 2.75) is 25.8 Å². The molecule has 25 heavy (non-hydrogen) atoms. The van der Waals surface area contributed by atoms with Crippen LogP contribution in [0.1, 0.15) is 36.1 Å². The third-order valence-corrected chi connectivity index (χ3v) is 4.86. The average molecular weight is 357 g/mol. The number of benzene rings is 2. The van der Waals surface area contributed by atoms with E-state index in [2.05, 4.69) is 17.4 Å². The van der Waals surface area contributed by atoms with E-state index >= 15 is 0 Å². The Morgan fingerprint density at radius 3 is 2.52 bits per heavy atom. The summed E-state index contributed by atoms with van der Waals surface area (Å²) in [5.74, 6) is -0.104. The van der Waals surface area contributed by atoms with Crippen LogP contribution in [0.3, 0.4) is 0 Å². The van der Waals surface area contributed by atoms with Crippen LogP contribution < -0.4 is 5.32 Å². The highest BCUT2D eigenvalue weighted by atomic mass is 35.5. The molecule has 1 heterocycles. The number of nitrogens with zero attached hydrogens (tertiary/aromatic N) is 1. The lowest BCUT2D eigenvalue weighted by atomic mass is 9.88. The van der Waals surface area contributed by atoms with Crippen molar-refractivity contribution in [3.05, 3.63) is 70.2 Å². The maximum Gasteiger partial charge on any atom is 0.225 e. The van der Waals surface area contributed by atoms with Crippen molar-refractivity contribution in [3.8, 4) is 0 Å². The van der Waals surface area contributed by atoms with Crippen molar-refractivity contribution in [2.24, 2.45) is 0 Å². The molecule has 0 bridgehead atoms. The smallest absolute Gasteiger partial charge is 0.225 e. The highest BCUT2D eigenvalue weighted by molar-refractivity contribution is 6.31. The van der Waals surface area contributed by atoms with Gasteiger partial charge in [0, 0.05) is 31.5 Å². The van der Waals surface area contributed by atoms with Crippen LogP contribution in [-0.2, 0) is 16.0 Å². The lowest BCUT2D eigenvalue weighted by Gasteiger charge is -2.38. The van der Waals surface area contributed by atoms with Gasteiger partial charge in [-0.25, -0.2) is 0 Å². The van der Waals surface area contributed by atoms with Gasteiger partial charge in [0.05, 0.1) is 6.04 Å². The molecular formula is C20H21ClN2O2. The number of nitrogens with one attached hydrogen (secondary N) is 1. The van der Waals surface area contributed by atoms with Gasteiger partial charge < -0.3 is 10.2 Å². The number of halogens is 1. The highest BCUT2D eigenvalue weighted by Crippen LogP contribution is 2.38. The van der Waals surface area contributed by atoms with E-state index in [1.54, 1.807) is 0 Å². The fourth-order valence-corrected chi connectivity index (χ4v) is 3.60. The summed E-state index contributed by atoms with van der Waals surface area (Å²) in [6.07, 6.45) is 1.10. The van der Waals surface area contributed by atoms with Gasteiger partial charge in [0.2, 0.25) is 11.8 Å². The predicted octanol–water partition coefficient (Wildman–Crippen LogP) is 3.34. The van der Waals surface area contributed by atoms with E-state index in [4.69, 9.17) is 11.6 Å². The van der Waals surface area contributed by atoms with Crippen molar-refractivity contribution in [2.75, 3.05) is 13.1 Å². The van der Waals surface area contributed by atoms with Gasteiger partial charge in [-0.2, -0.15) is 0 Å². The summed E-state index contributed by atoms with van der Waals surface area (Å²) in [7, 11) is 0. The molecule has 1 unspecified atom stereocenters. The van der Waals surface area contributed by atoms with E-state index in [-0.39, 0.29) is 24.3 Å². The van der Waals surface area contributed by atoms with E-state index in [9.17, 15) is 9.59 Å². The van der Waals surface area contributed by atoms with Crippen molar-refractivity contribution < 1.29 is 9.59 Å². The first-order valence-corrected chi connectivity index (χ1v) is 8.82. The Labute approximate surface area is 152 Å². The number of hydrogen-bond donors (Lipinski definition) is 1. The van der Waals surface area contributed by atoms with Crippen LogP contribution in [-0.4, -0.2) is 29.8 Å². The van der Waals surface area contributed by atoms with Crippen molar-refractivity contribution in [1.29, 1.82) is 0 Å². The lowest BCUT2D eigenvalue weighted by Crippen LogP contribution is -2.41. The van der Waals surface area contributed by atoms with Gasteiger partial charge in [-0.15, -0.1) is 0 Å². The highest BCUT2D eigenvalue weighted by Gasteiger charge is 2.32. The summed E-state index contributed by atoms with van der Waals surface area (Å²) < 4.78 is 0. The number of amides is 2. The Hall–Kier alpha value is -2.33. The standard InChI is InChI=1S/C20H21ClN2O2/c1-14(24)22-12-10-19(25)23-13-11-15-6-2-3-7-16(15)20(23)17-8-4-5-9-18(17)21/h2-9,20H,10-13H2,1H3,(H,22,24). The zero-order valence-corrected chi connectivity index (χ0v) is 14.9. The third-order valence-electron chi connectivity index (χ3n) is 4.52. The summed E-state index contributed by atoms with van der Waals surface area (Å²) in [6.45, 7) is 2.45. The molecule has 0 fully saturated rings. The second kappa shape index (κ2) is 7.70. The second-order valence-electron chi connectivity index (χ2n) is 6.19. The van der Waals surface area contributed by atoms with Gasteiger partial charge in [-0.3, -0.25) is 9.59 Å². The molecule has 3 rings (SSSR count). The molecule has 130 valence electrons. The van der Waals surface area contributed by atoms with Gasteiger partial charge in [-0.05, 0) is 29.2 Å². The zero-order chi connectivity index (χ0) is 17.8. The summed E-state index contributed by atoms with van der Waals surface area (Å²) in [5, 5.41) is 3.34. The van der Waals surface area contributed by atoms with E-state index < -0.39 is 0 Å². The minimum atomic E-state index is -0.191. The Bertz CT molecular complexity index is 791. The fraction of sp³-hybridized carbons (Fsp3) is 0.300. The van der Waals surface area contributed by atoms with Gasteiger partial charge in [0.15, 0.2) is 0 Å². The predicted molar refractivity (Wildman–Crippen MR) is 98.5 cm³/mol. The van der Waals surface area contributed by atoms with Gasteiger partial charge in [0.1, 0.15) is 0 Å². The second-order valence-corrected chi connectivity index (χ2v) is 6.60. The fourth-order valence-electron chi connectivity index (χ4n) is 3.36. The number of carbonyl (C=O) groups excluding carboxylic acids is 2. The minimum Gasteiger partial charge on any atom is -0.356 e. The molecule has 1 atom stereocenters. The molecular weight excluding hydrogens is 336 g/mol. The molecule has 5 heteroatoms. The normalized spacial score (nSPS) is 16.2. The number of hydrogen-bond acceptors (Lipinski definition) is 2. The van der Waals surface area contributed by atoms with Crippen LogP contribution in [0, 0.1) is 0 Å². The first-order valence-electron chi connectivity index (χ1n) is 8.44. The van der Waals surface area contributed by atoms with Crippen LogP contribution in [0.4, 0.5) is 0 Å². The average Bonchev–Trinajstić information content (AvgIpc) is 2.61. The molecule has 0 aromatic heterocycles. The SMILES string of the molecule is CC(=O)NCCC(=O)N1CCc2ccccc2C1c1ccccc1Cl. The molecule has 0 saturated carbocycles. The van der Waals surface area contributed by atoms with Crippen molar-refractivity contribution in [1.82, 2.24) is 10.2 Å². The molecule has 2 aromatic carbocycles. The van der Waals surface area contributed by atoms with E-state index in [1.165, 1.54) is 12.5 Å². The summed E-state index contributed by atoms with van der Waals surface area (Å²) in [5.41, 5.74) is 3.30. The molecule has 2 amide bonds. The molecule has 0 spiro atoms. The Kier molecular flexibility index (Phi) is 5.39. The Morgan fingerprint density at radius 1 is 1.12 bits per heavy atom. The summed E-state index contributed by atoms with van der Waals surface area (Å²) in [4.78, 5) is 25.7. The quantitative estimate of drug-likeness (QED) is 0.913. The van der Waals surface area contributed by atoms with Crippen LogP contribution in [0.15, 0.2) is 48.5 Å². The van der Waals surface area contributed by atoms with Gasteiger partial charge in [-0.1, -0.05) is 54.1 Å². The molecule has 0 radical (unpaired) electrons. The summed E-state index contributed by atoms with van der Waals surface area (Å²) >= 11 is 6.45. The topological polar surface area (TPSA) is 49.4 Å². The third kappa shape index (κ3) is 3.85.